The molecule has 1 spiro atoms. The number of nitrogens with zero attached hydrogens (tertiary/aromatic N) is 1. The van der Waals surface area contributed by atoms with Crippen LogP contribution < -0.4 is 10.4 Å². The Bertz CT molecular complexity index is 693. The van der Waals surface area contributed by atoms with E-state index in [2.05, 4.69) is 18.3 Å². The molecule has 4 heterocycles. The minimum absolute atomic E-state index is 0.0410. The molecule has 0 aromatic heterocycles. The molecule has 24 heavy (non-hydrogen) atoms. The summed E-state index contributed by atoms with van der Waals surface area (Å²) in [7, 11) is 1.57. The maximum absolute atomic E-state index is 13.4. The Morgan fingerprint density at radius 1 is 1.38 bits per heavy atom. The highest BCUT2D eigenvalue weighted by molar-refractivity contribution is 6.07. The third kappa shape index (κ3) is 1.63. The fraction of sp³-hybridized carbons (Fsp3) is 0.632. The Morgan fingerprint density at radius 3 is 3.00 bits per heavy atom. The van der Waals surface area contributed by atoms with Crippen molar-refractivity contribution in [2.45, 2.75) is 49.8 Å². The van der Waals surface area contributed by atoms with Crippen molar-refractivity contribution in [2.75, 3.05) is 18.8 Å². The number of fused-ring (bicyclic) bond motifs is 2. The second-order valence-electron chi connectivity index (χ2n) is 7.65. The van der Waals surface area contributed by atoms with E-state index in [4.69, 9.17) is 9.57 Å². The van der Waals surface area contributed by atoms with Gasteiger partial charge in [0.05, 0.1) is 25.5 Å². The SMILES string of the molecule is CC[C@@H]1NC2C[C@]3(C(=O)N(OC)c4ccccc43)C3CC1C2CO3. The van der Waals surface area contributed by atoms with E-state index in [1.807, 2.05) is 18.2 Å². The van der Waals surface area contributed by atoms with Gasteiger partial charge in [0.1, 0.15) is 5.41 Å². The van der Waals surface area contributed by atoms with Gasteiger partial charge >= 0.3 is 0 Å². The van der Waals surface area contributed by atoms with Gasteiger partial charge in [0.15, 0.2) is 0 Å². The maximum atomic E-state index is 13.4. The van der Waals surface area contributed by atoms with Gasteiger partial charge in [-0.05, 0) is 36.8 Å². The van der Waals surface area contributed by atoms with Crippen LogP contribution in [-0.2, 0) is 19.8 Å². The lowest BCUT2D eigenvalue weighted by molar-refractivity contribution is -0.138. The van der Waals surface area contributed by atoms with Gasteiger partial charge in [-0.2, -0.15) is 5.06 Å². The zero-order valence-electron chi connectivity index (χ0n) is 14.2. The molecule has 1 aromatic carbocycles. The third-order valence-electron chi connectivity index (χ3n) is 6.87. The molecule has 1 aliphatic carbocycles. The second-order valence-corrected chi connectivity index (χ2v) is 7.65. The number of hydrogen-bond acceptors (Lipinski definition) is 4. The summed E-state index contributed by atoms with van der Waals surface area (Å²) in [6, 6.07) is 8.95. The van der Waals surface area contributed by atoms with Crippen LogP contribution in [0.4, 0.5) is 5.69 Å². The summed E-state index contributed by atoms with van der Waals surface area (Å²) < 4.78 is 6.29. The average molecular weight is 328 g/mol. The van der Waals surface area contributed by atoms with Crippen LogP contribution in [0.1, 0.15) is 31.7 Å². The number of amides is 1. The third-order valence-corrected chi connectivity index (χ3v) is 6.87. The molecular weight excluding hydrogens is 304 g/mol. The van der Waals surface area contributed by atoms with Crippen LogP contribution >= 0.6 is 0 Å². The first-order valence-corrected chi connectivity index (χ1v) is 9.06. The molecule has 5 nitrogen and oxygen atoms in total. The number of carbonyl (C=O) groups is 1. The molecule has 4 bridgehead atoms. The van der Waals surface area contributed by atoms with Crippen LogP contribution in [0.3, 0.4) is 0 Å². The maximum Gasteiger partial charge on any atom is 0.264 e. The Balaban J connectivity index is 1.66. The molecule has 1 aromatic rings. The summed E-state index contributed by atoms with van der Waals surface area (Å²) in [5, 5.41) is 5.29. The topological polar surface area (TPSA) is 50.8 Å². The zero-order chi connectivity index (χ0) is 16.5. The minimum Gasteiger partial charge on any atom is -0.376 e. The highest BCUT2D eigenvalue weighted by Gasteiger charge is 2.64. The van der Waals surface area contributed by atoms with Crippen LogP contribution in [0.2, 0.25) is 0 Å². The smallest absolute Gasteiger partial charge is 0.264 e. The van der Waals surface area contributed by atoms with Crippen LogP contribution in [0.15, 0.2) is 24.3 Å². The average Bonchev–Trinajstić information content (AvgIpc) is 2.96. The standard InChI is InChI=1S/C19H24N2O3/c1-3-14-11-8-17-19(9-15(20-14)12(11)10-24-17)13-6-4-5-7-16(13)21(23-2)18(19)22/h4-7,11-12,14-15,17,20H,3,8-10H2,1-2H3/t11?,12?,14-,15?,17?,19+/m0/s1. The zero-order valence-corrected chi connectivity index (χ0v) is 14.2. The van der Waals surface area contributed by atoms with E-state index in [-0.39, 0.29) is 12.0 Å². The summed E-state index contributed by atoms with van der Waals surface area (Å²) in [5.41, 5.74) is 1.35. The number of nitrogens with one attached hydrogen (secondary N) is 1. The van der Waals surface area contributed by atoms with Gasteiger partial charge in [0.2, 0.25) is 0 Å². The summed E-state index contributed by atoms with van der Waals surface area (Å²) in [6.07, 6.45) is 2.87. The lowest BCUT2D eigenvalue weighted by atomic mass is 9.71. The Hall–Kier alpha value is -1.43. The molecule has 4 fully saturated rings. The molecule has 4 unspecified atom stereocenters. The molecule has 1 saturated carbocycles. The Labute approximate surface area is 142 Å². The van der Waals surface area contributed by atoms with E-state index in [9.17, 15) is 4.79 Å². The number of anilines is 1. The summed E-state index contributed by atoms with van der Waals surface area (Å²) in [4.78, 5) is 18.9. The molecule has 1 amide bonds. The molecular formula is C19H24N2O3. The molecule has 1 N–H and O–H groups in total. The van der Waals surface area contributed by atoms with Gasteiger partial charge in [-0.3, -0.25) is 9.63 Å². The quantitative estimate of drug-likeness (QED) is 0.902. The number of ether oxygens (including phenoxy) is 1. The van der Waals surface area contributed by atoms with Gasteiger partial charge in [0.25, 0.3) is 5.91 Å². The summed E-state index contributed by atoms with van der Waals surface area (Å²) in [6.45, 7) is 3.02. The first kappa shape index (κ1) is 14.9. The number of hydroxylamine groups is 1. The van der Waals surface area contributed by atoms with Gasteiger partial charge in [-0.15, -0.1) is 0 Å². The van der Waals surface area contributed by atoms with Crippen molar-refractivity contribution >= 4 is 11.6 Å². The van der Waals surface area contributed by atoms with Crippen LogP contribution in [0.25, 0.3) is 0 Å². The molecule has 3 saturated heterocycles. The largest absolute Gasteiger partial charge is 0.376 e. The van der Waals surface area contributed by atoms with E-state index >= 15 is 0 Å². The predicted molar refractivity (Wildman–Crippen MR) is 89.6 cm³/mol. The predicted octanol–water partition coefficient (Wildman–Crippen LogP) is 2.01. The van der Waals surface area contributed by atoms with Gasteiger partial charge < -0.3 is 10.1 Å². The van der Waals surface area contributed by atoms with Crippen molar-refractivity contribution in [3.63, 3.8) is 0 Å². The van der Waals surface area contributed by atoms with Crippen LogP contribution in [0.5, 0.6) is 0 Å². The Kier molecular flexibility index (Phi) is 3.12. The molecule has 6 atom stereocenters. The minimum atomic E-state index is -0.605. The van der Waals surface area contributed by atoms with Gasteiger partial charge in [-0.25, -0.2) is 0 Å². The van der Waals surface area contributed by atoms with E-state index in [0.717, 1.165) is 37.1 Å². The first-order valence-electron chi connectivity index (χ1n) is 9.06. The molecule has 4 aliphatic heterocycles. The van der Waals surface area contributed by atoms with E-state index in [0.29, 0.717) is 23.9 Å². The van der Waals surface area contributed by atoms with E-state index < -0.39 is 5.41 Å². The number of rotatable bonds is 2. The number of hydrogen-bond donors (Lipinski definition) is 1. The van der Waals surface area contributed by atoms with Gasteiger partial charge in [0, 0.05) is 18.0 Å². The fourth-order valence-corrected chi connectivity index (χ4v) is 5.82. The van der Waals surface area contributed by atoms with Crippen molar-refractivity contribution in [3.8, 4) is 0 Å². The highest BCUT2D eigenvalue weighted by atomic mass is 16.7. The molecule has 6 rings (SSSR count). The fourth-order valence-electron chi connectivity index (χ4n) is 5.82. The Morgan fingerprint density at radius 2 is 2.21 bits per heavy atom. The molecule has 0 radical (unpaired) electrons. The number of benzene rings is 1. The molecule has 5 heteroatoms. The van der Waals surface area contributed by atoms with Gasteiger partial charge in [-0.1, -0.05) is 25.1 Å². The van der Waals surface area contributed by atoms with Crippen molar-refractivity contribution in [2.24, 2.45) is 11.8 Å². The van der Waals surface area contributed by atoms with E-state index in [1.165, 1.54) is 5.06 Å². The lowest BCUT2D eigenvalue weighted by Crippen LogP contribution is -2.53. The van der Waals surface area contributed by atoms with E-state index in [1.54, 1.807) is 7.11 Å². The van der Waals surface area contributed by atoms with Crippen LogP contribution in [0, 0.1) is 11.8 Å². The summed E-state index contributed by atoms with van der Waals surface area (Å²) >= 11 is 0. The molecule has 5 aliphatic rings. The molecule has 128 valence electrons. The normalized spacial score (nSPS) is 42.7. The van der Waals surface area contributed by atoms with Crippen molar-refractivity contribution < 1.29 is 14.4 Å². The highest BCUT2D eigenvalue weighted by Crippen LogP contribution is 2.56. The monoisotopic (exact) mass is 328 g/mol. The van der Waals surface area contributed by atoms with Crippen molar-refractivity contribution in [1.82, 2.24) is 5.32 Å². The summed E-state index contributed by atoms with van der Waals surface area (Å²) in [5.74, 6) is 1.19. The lowest BCUT2D eigenvalue weighted by Gasteiger charge is -2.40. The van der Waals surface area contributed by atoms with Crippen molar-refractivity contribution in [1.29, 1.82) is 0 Å². The number of carbonyl (C=O) groups excluding carboxylic acids is 1. The number of para-hydroxylation sites is 1. The first-order chi connectivity index (χ1) is 11.7. The van der Waals surface area contributed by atoms with Crippen molar-refractivity contribution in [3.05, 3.63) is 29.8 Å². The second kappa shape index (κ2) is 5.04. The van der Waals surface area contributed by atoms with Crippen LogP contribution in [-0.4, -0.2) is 37.8 Å².